The highest BCUT2D eigenvalue weighted by Gasteiger charge is 2.45. The summed E-state index contributed by atoms with van der Waals surface area (Å²) >= 11 is 0. The SMILES string of the molecule is CN(C)CP(=O)(O)CC[Si]12OCCN(CCO1)CCO2. The maximum absolute atomic E-state index is 12.1. The second kappa shape index (κ2) is 6.98. The van der Waals surface area contributed by atoms with Gasteiger partial charge in [-0.2, -0.15) is 0 Å². The van der Waals surface area contributed by atoms with Crippen molar-refractivity contribution in [3.05, 3.63) is 0 Å². The molecule has 0 saturated carbocycles. The lowest BCUT2D eigenvalue weighted by Crippen LogP contribution is -2.55. The van der Waals surface area contributed by atoms with Crippen LogP contribution in [0.4, 0.5) is 0 Å². The van der Waals surface area contributed by atoms with Crippen molar-refractivity contribution in [2.75, 3.05) is 66.0 Å². The van der Waals surface area contributed by atoms with E-state index in [0.29, 0.717) is 25.9 Å². The summed E-state index contributed by atoms with van der Waals surface area (Å²) in [7, 11) is -2.36. The second-order valence-corrected chi connectivity index (χ2v) is 10.8. The van der Waals surface area contributed by atoms with Crippen LogP contribution in [0.3, 0.4) is 0 Å². The van der Waals surface area contributed by atoms with E-state index in [-0.39, 0.29) is 12.4 Å². The molecule has 3 aliphatic rings. The van der Waals surface area contributed by atoms with Crippen molar-refractivity contribution >= 4 is 16.2 Å². The van der Waals surface area contributed by atoms with Crippen LogP contribution in [0.1, 0.15) is 0 Å². The molecule has 20 heavy (non-hydrogen) atoms. The summed E-state index contributed by atoms with van der Waals surface area (Å²) < 4.78 is 29.7. The summed E-state index contributed by atoms with van der Waals surface area (Å²) in [6, 6.07) is 0.425. The van der Waals surface area contributed by atoms with E-state index < -0.39 is 16.2 Å². The molecule has 0 aromatic heterocycles. The first-order chi connectivity index (χ1) is 9.41. The van der Waals surface area contributed by atoms with Crippen LogP contribution in [0, 0.1) is 0 Å². The molecule has 1 N–H and O–H groups in total. The third-order valence-corrected chi connectivity index (χ3v) is 8.60. The van der Waals surface area contributed by atoms with E-state index in [0.717, 1.165) is 19.6 Å². The summed E-state index contributed by atoms with van der Waals surface area (Å²) in [5, 5.41) is 0. The molecule has 3 rings (SSSR count). The average molecular weight is 324 g/mol. The van der Waals surface area contributed by atoms with Gasteiger partial charge in [-0.25, -0.2) is 0 Å². The predicted octanol–water partition coefficient (Wildman–Crippen LogP) is 0.0938. The minimum atomic E-state index is -3.18. The largest absolute Gasteiger partial charge is 0.501 e. The maximum atomic E-state index is 12.1. The van der Waals surface area contributed by atoms with E-state index in [2.05, 4.69) is 4.90 Å². The zero-order valence-corrected chi connectivity index (χ0v) is 14.2. The molecule has 0 aromatic carbocycles. The van der Waals surface area contributed by atoms with Crippen LogP contribution in [0.2, 0.25) is 6.04 Å². The molecule has 0 aliphatic carbocycles. The first-order valence-corrected chi connectivity index (χ1v) is 11.0. The summed E-state index contributed by atoms with van der Waals surface area (Å²) in [6.45, 7) is 4.39. The highest BCUT2D eigenvalue weighted by atomic mass is 31.2. The first kappa shape index (κ1) is 16.6. The number of rotatable bonds is 5. The van der Waals surface area contributed by atoms with Crippen molar-refractivity contribution in [1.29, 1.82) is 0 Å². The van der Waals surface area contributed by atoms with E-state index in [1.165, 1.54) is 0 Å². The van der Waals surface area contributed by atoms with Gasteiger partial charge in [0.1, 0.15) is 0 Å². The lowest BCUT2D eigenvalue weighted by Gasteiger charge is -2.38. The van der Waals surface area contributed by atoms with Crippen LogP contribution in [0.25, 0.3) is 0 Å². The minimum absolute atomic E-state index is 0.186. The molecule has 0 amide bonds. The zero-order chi connectivity index (χ0) is 14.6. The second-order valence-electron chi connectivity index (χ2n) is 5.61. The Balaban J connectivity index is 1.96. The average Bonchev–Trinajstić information content (AvgIpc) is 2.23. The fraction of sp³-hybridized carbons (Fsp3) is 1.00. The number of nitrogens with zero attached hydrogens (tertiary/aromatic N) is 2. The molecule has 2 bridgehead atoms. The third kappa shape index (κ3) is 4.89. The van der Waals surface area contributed by atoms with E-state index in [1.54, 1.807) is 19.0 Å². The van der Waals surface area contributed by atoms with Crippen molar-refractivity contribution in [1.82, 2.24) is 9.80 Å². The summed E-state index contributed by atoms with van der Waals surface area (Å²) in [6.07, 6.45) is 0.381. The first-order valence-electron chi connectivity index (χ1n) is 7.01. The maximum Gasteiger partial charge on any atom is 0.501 e. The Kier molecular flexibility index (Phi) is 5.78. The Morgan fingerprint density at radius 1 is 1.15 bits per heavy atom. The number of hydrogen-bond acceptors (Lipinski definition) is 6. The van der Waals surface area contributed by atoms with Crippen molar-refractivity contribution in [2.45, 2.75) is 6.04 Å². The number of fused-ring (bicyclic) bond motifs is 6. The Bertz CT molecular complexity index is 344. The molecule has 3 aliphatic heterocycles. The van der Waals surface area contributed by atoms with Gasteiger partial charge in [0.25, 0.3) is 0 Å². The van der Waals surface area contributed by atoms with Gasteiger partial charge in [0.2, 0.25) is 7.37 Å². The van der Waals surface area contributed by atoms with Gasteiger partial charge >= 0.3 is 8.80 Å². The lowest BCUT2D eigenvalue weighted by molar-refractivity contribution is -0.00747. The van der Waals surface area contributed by atoms with Crippen LogP contribution >= 0.6 is 7.37 Å². The third-order valence-electron chi connectivity index (χ3n) is 3.46. The van der Waals surface area contributed by atoms with E-state index >= 15 is 0 Å². The standard InChI is InChI=1S/C11H25N2O5PSi/c1-12(2)11-19(14,15)9-10-20-16-6-3-13(4-7-17-20)5-8-18-20/h3-11H2,1-2H3,(H,14,15). The van der Waals surface area contributed by atoms with Gasteiger partial charge in [-0.3, -0.25) is 9.46 Å². The fourth-order valence-corrected chi connectivity index (χ4v) is 7.90. The predicted molar refractivity (Wildman–Crippen MR) is 78.1 cm³/mol. The lowest BCUT2D eigenvalue weighted by atomic mass is 10.4. The van der Waals surface area contributed by atoms with Crippen LogP contribution < -0.4 is 0 Å². The van der Waals surface area contributed by atoms with Crippen molar-refractivity contribution in [2.24, 2.45) is 0 Å². The molecule has 0 aromatic rings. The Labute approximate surface area is 121 Å². The molecule has 1 unspecified atom stereocenters. The Morgan fingerprint density at radius 3 is 2.10 bits per heavy atom. The molecule has 9 heteroatoms. The monoisotopic (exact) mass is 324 g/mol. The molecular weight excluding hydrogens is 299 g/mol. The summed E-state index contributed by atoms with van der Waals surface area (Å²) in [5.74, 6) is 0. The molecule has 3 heterocycles. The van der Waals surface area contributed by atoms with E-state index in [1.807, 2.05) is 0 Å². The van der Waals surface area contributed by atoms with Gasteiger partial charge in [-0.1, -0.05) is 0 Å². The van der Waals surface area contributed by atoms with Crippen molar-refractivity contribution in [3.63, 3.8) is 0 Å². The zero-order valence-electron chi connectivity index (χ0n) is 12.3. The highest BCUT2D eigenvalue weighted by Crippen LogP contribution is 2.43. The normalized spacial score (nSPS) is 34.3. The van der Waals surface area contributed by atoms with Crippen molar-refractivity contribution < 1.29 is 22.7 Å². The quantitative estimate of drug-likeness (QED) is 0.568. The molecule has 3 fully saturated rings. The number of hydrogen-bond donors (Lipinski definition) is 1. The van der Waals surface area contributed by atoms with Crippen LogP contribution in [0.5, 0.6) is 0 Å². The van der Waals surface area contributed by atoms with Gasteiger partial charge in [-0.05, 0) is 14.1 Å². The van der Waals surface area contributed by atoms with Crippen LogP contribution in [-0.4, -0.2) is 89.5 Å². The molecule has 118 valence electrons. The van der Waals surface area contributed by atoms with Gasteiger partial charge < -0.3 is 23.1 Å². The molecule has 3 saturated heterocycles. The van der Waals surface area contributed by atoms with Gasteiger partial charge in [0.15, 0.2) is 0 Å². The topological polar surface area (TPSA) is 71.5 Å². The molecule has 0 spiro atoms. The molecule has 7 nitrogen and oxygen atoms in total. The Morgan fingerprint density at radius 2 is 1.65 bits per heavy atom. The summed E-state index contributed by atoms with van der Waals surface area (Å²) in [5.41, 5.74) is 0. The minimum Gasteiger partial charge on any atom is -0.372 e. The van der Waals surface area contributed by atoms with E-state index in [4.69, 9.17) is 13.3 Å². The molecule has 1 atom stereocenters. The van der Waals surface area contributed by atoms with Gasteiger partial charge in [0, 0.05) is 31.8 Å². The summed E-state index contributed by atoms with van der Waals surface area (Å²) in [4.78, 5) is 14.0. The Hall–Kier alpha value is 0.207. The highest BCUT2D eigenvalue weighted by molar-refractivity contribution is 7.58. The van der Waals surface area contributed by atoms with Crippen molar-refractivity contribution in [3.8, 4) is 0 Å². The van der Waals surface area contributed by atoms with Gasteiger partial charge in [0.05, 0.1) is 26.1 Å². The molecular formula is C11H25N2O5PSi. The van der Waals surface area contributed by atoms with E-state index in [9.17, 15) is 9.46 Å². The van der Waals surface area contributed by atoms with Crippen LogP contribution in [-0.2, 0) is 17.8 Å². The molecule has 0 radical (unpaired) electrons. The van der Waals surface area contributed by atoms with Crippen LogP contribution in [0.15, 0.2) is 0 Å². The van der Waals surface area contributed by atoms with Gasteiger partial charge in [-0.15, -0.1) is 0 Å². The fourth-order valence-electron chi connectivity index (χ4n) is 2.49. The smallest absolute Gasteiger partial charge is 0.372 e.